The lowest BCUT2D eigenvalue weighted by Crippen LogP contribution is -2.39. The summed E-state index contributed by atoms with van der Waals surface area (Å²) < 4.78 is 93.5. The zero-order valence-corrected chi connectivity index (χ0v) is 50.3. The maximum atomic E-state index is 13.2. The van der Waals surface area contributed by atoms with Crippen LogP contribution in [0.5, 0.6) is 0 Å². The first-order valence-corrected chi connectivity index (χ1v) is 30.8. The van der Waals surface area contributed by atoms with Gasteiger partial charge in [0, 0.05) is 0 Å². The third-order valence-corrected chi connectivity index (χ3v) is 15.5. The Labute approximate surface area is 473 Å². The van der Waals surface area contributed by atoms with Crippen LogP contribution in [0.3, 0.4) is 0 Å². The van der Waals surface area contributed by atoms with Crippen LogP contribution in [-0.4, -0.2) is 48.6 Å². The van der Waals surface area contributed by atoms with Gasteiger partial charge in [0.05, 0.1) is 35.0 Å². The Morgan fingerprint density at radius 3 is 0.897 bits per heavy atom. The molecule has 6 aromatic carbocycles. The number of benzene rings is 6. The highest BCUT2D eigenvalue weighted by Gasteiger charge is 2.54. The van der Waals surface area contributed by atoms with Crippen LogP contribution in [0.25, 0.3) is 0 Å². The van der Waals surface area contributed by atoms with E-state index in [1.54, 1.807) is 0 Å². The molecule has 0 unspecified atom stereocenters. The van der Waals surface area contributed by atoms with E-state index in [2.05, 4.69) is 201 Å². The predicted octanol–water partition coefficient (Wildman–Crippen LogP) is 16.5. The van der Waals surface area contributed by atoms with E-state index >= 15 is 0 Å². The van der Waals surface area contributed by atoms with Crippen molar-refractivity contribution in [1.29, 1.82) is 0 Å². The van der Waals surface area contributed by atoms with Crippen LogP contribution in [-0.2, 0) is 60.3 Å². The Kier molecular flexibility index (Phi) is 42.9. The molecule has 432 valence electrons. The van der Waals surface area contributed by atoms with Crippen LogP contribution >= 0.6 is 12.0 Å². The first-order valence-electron chi connectivity index (χ1n) is 26.2. The van der Waals surface area contributed by atoms with Gasteiger partial charge in [-0.1, -0.05) is 192 Å². The molecule has 0 aliphatic heterocycles. The summed E-state index contributed by atoms with van der Waals surface area (Å²) >= 11 is -0.826. The molecule has 0 amide bonds. The van der Waals surface area contributed by atoms with Crippen LogP contribution < -0.4 is 5.26 Å². The Bertz CT molecular complexity index is 2160. The standard InChI is InChI=1S/2C18H15S.C12H16F4O10S2.6C2H6/c2*1-4-10-16(11-5-1)19(17-12-6-2-7-13-17)18-14-8-3-9-15-18;13-11(14,27-26-25-19)9(17)23-5-7-1-3-8(4-2-7)6-24-10(18)12(15,16)28(20,21)22;6*1-2/h2*1-15H;7-8,19H,1-6H2,(H,20,21,22);6*1-2H3/q2*+1;;;;;;;/p-1. The van der Waals surface area contributed by atoms with E-state index in [9.17, 15) is 40.8 Å². The number of hydrogen-bond donors (Lipinski definition) is 1. The minimum Gasteiger partial charge on any atom is -0.691 e. The average Bonchev–Trinajstić information content (AvgIpc) is 3.50. The van der Waals surface area contributed by atoms with Gasteiger partial charge in [-0.15, -0.1) is 0 Å². The molecular formula is C60H81F4O10S4+. The summed E-state index contributed by atoms with van der Waals surface area (Å²) in [6.07, 6.45) is 1.24. The minimum atomic E-state index is -5.95. The van der Waals surface area contributed by atoms with Crippen molar-refractivity contribution in [3.63, 3.8) is 0 Å². The third-order valence-electron chi connectivity index (χ3n) is 9.71. The Morgan fingerprint density at radius 2 is 0.692 bits per heavy atom. The number of rotatable bonds is 16. The van der Waals surface area contributed by atoms with Crippen molar-refractivity contribution in [2.45, 2.75) is 149 Å². The summed E-state index contributed by atoms with van der Waals surface area (Å²) in [6.45, 7) is 23.1. The van der Waals surface area contributed by atoms with Gasteiger partial charge in [0.15, 0.2) is 29.4 Å². The molecule has 0 radical (unpaired) electrons. The second-order valence-corrected chi connectivity index (χ2v) is 20.6. The van der Waals surface area contributed by atoms with Crippen molar-refractivity contribution < 1.29 is 64.2 Å². The van der Waals surface area contributed by atoms with Crippen molar-refractivity contribution in [2.75, 3.05) is 13.2 Å². The van der Waals surface area contributed by atoms with Crippen LogP contribution in [0.4, 0.5) is 17.6 Å². The summed E-state index contributed by atoms with van der Waals surface area (Å²) in [6, 6.07) is 64.3. The van der Waals surface area contributed by atoms with Crippen molar-refractivity contribution in [1.82, 2.24) is 0 Å². The van der Waals surface area contributed by atoms with Crippen LogP contribution in [0.1, 0.15) is 109 Å². The molecule has 1 aliphatic rings. The molecule has 1 saturated carbocycles. The number of carbonyl (C=O) groups excluding carboxylic acids is 2. The molecule has 0 saturated heterocycles. The summed E-state index contributed by atoms with van der Waals surface area (Å²) in [7, 11) is -5.98. The minimum absolute atomic E-state index is 0.0146. The topological polar surface area (TPSA) is 148 Å². The van der Waals surface area contributed by atoms with Gasteiger partial charge in [0.2, 0.25) is 0 Å². The van der Waals surface area contributed by atoms with Crippen LogP contribution in [0.15, 0.2) is 211 Å². The normalized spacial score (nSPS) is 13.2. The second-order valence-electron chi connectivity index (χ2n) is 14.3. The number of ether oxygens (including phenoxy) is 2. The van der Waals surface area contributed by atoms with Gasteiger partial charge < -0.3 is 14.7 Å². The van der Waals surface area contributed by atoms with Crippen molar-refractivity contribution in [2.24, 2.45) is 11.8 Å². The number of halogens is 4. The van der Waals surface area contributed by atoms with E-state index in [4.69, 9.17) is 4.55 Å². The van der Waals surface area contributed by atoms with Gasteiger partial charge in [0.1, 0.15) is 12.0 Å². The zero-order chi connectivity index (χ0) is 59.4. The van der Waals surface area contributed by atoms with E-state index in [1.165, 1.54) is 29.4 Å². The fourth-order valence-electron chi connectivity index (χ4n) is 6.47. The van der Waals surface area contributed by atoms with Crippen molar-refractivity contribution >= 4 is 55.9 Å². The van der Waals surface area contributed by atoms with E-state index in [0.29, 0.717) is 25.7 Å². The van der Waals surface area contributed by atoms with Crippen LogP contribution in [0, 0.1) is 11.8 Å². The van der Waals surface area contributed by atoms with E-state index < -0.39 is 57.1 Å². The lowest BCUT2D eigenvalue weighted by atomic mass is 9.83. The number of alkyl halides is 4. The van der Waals surface area contributed by atoms with Crippen molar-refractivity contribution in [3.8, 4) is 0 Å². The average molecular weight is 1170 g/mol. The SMILES string of the molecule is CC.CC.CC.CC.CC.CC.O=C(OCC1CCC(COC(=O)C(F)(F)S(=O)(=O)O)CC1)C(F)(F)SOO[O-].c1ccc([S+](c2ccccc2)c2ccccc2)cc1.c1ccc([S+](c2ccccc2)c2ccccc2)cc1. The largest absolute Gasteiger partial charge is 0.691 e. The summed E-state index contributed by atoms with van der Waals surface area (Å²) in [4.78, 5) is 30.5. The number of esters is 2. The third kappa shape index (κ3) is 27.1. The molecule has 6 aromatic rings. The van der Waals surface area contributed by atoms with E-state index in [0.717, 1.165) is 0 Å². The number of carbonyl (C=O) groups is 2. The van der Waals surface area contributed by atoms with Gasteiger partial charge in [-0.2, -0.15) is 30.3 Å². The molecule has 1 N–H and O–H groups in total. The van der Waals surface area contributed by atoms with Gasteiger partial charge in [-0.3, -0.25) is 9.59 Å². The van der Waals surface area contributed by atoms with Gasteiger partial charge in [-0.05, 0) is 110 Å². The quantitative estimate of drug-likeness (QED) is 0.0188. The molecule has 0 heterocycles. The highest BCUT2D eigenvalue weighted by atomic mass is 32.2. The predicted molar refractivity (Wildman–Crippen MR) is 310 cm³/mol. The lowest BCUT2D eigenvalue weighted by Gasteiger charge is -2.28. The molecule has 1 aliphatic carbocycles. The molecular weight excluding hydrogens is 1080 g/mol. The van der Waals surface area contributed by atoms with Gasteiger partial charge in [0.25, 0.3) is 0 Å². The molecule has 1 fully saturated rings. The fraction of sp³-hybridized carbons (Fsp3) is 0.367. The van der Waals surface area contributed by atoms with Crippen molar-refractivity contribution in [3.05, 3.63) is 182 Å². The highest BCUT2D eigenvalue weighted by molar-refractivity contribution is 7.97. The summed E-state index contributed by atoms with van der Waals surface area (Å²) in [5.74, 6) is -5.09. The van der Waals surface area contributed by atoms with Gasteiger partial charge >= 0.3 is 32.6 Å². The zero-order valence-electron chi connectivity index (χ0n) is 47.0. The molecule has 0 atom stereocenters. The molecule has 10 nitrogen and oxygen atoms in total. The monoisotopic (exact) mass is 1170 g/mol. The fourth-order valence-corrected chi connectivity index (χ4v) is 11.2. The Balaban J connectivity index is 0. The summed E-state index contributed by atoms with van der Waals surface area (Å²) in [5.41, 5.74) is 0. The maximum Gasteiger partial charge on any atom is 0.465 e. The molecule has 0 spiro atoms. The Morgan fingerprint density at radius 1 is 0.474 bits per heavy atom. The molecule has 78 heavy (non-hydrogen) atoms. The molecule has 18 heteroatoms. The highest BCUT2D eigenvalue weighted by Crippen LogP contribution is 2.35. The Hall–Kier alpha value is -5.18. The van der Waals surface area contributed by atoms with E-state index in [1.807, 2.05) is 83.1 Å². The van der Waals surface area contributed by atoms with Gasteiger partial charge in [-0.25, -0.2) is 9.59 Å². The second kappa shape index (κ2) is 44.6. The smallest absolute Gasteiger partial charge is 0.465 e. The molecule has 0 bridgehead atoms. The lowest BCUT2D eigenvalue weighted by molar-refractivity contribution is -0.777. The molecule has 0 aromatic heterocycles. The first kappa shape index (κ1) is 74.9. The van der Waals surface area contributed by atoms with E-state index in [-0.39, 0.29) is 34.3 Å². The summed E-state index contributed by atoms with van der Waals surface area (Å²) in [5, 5.41) is 2.96. The maximum absolute atomic E-state index is 13.2. The first-order chi connectivity index (χ1) is 37.7. The molecule has 7 rings (SSSR count). The van der Waals surface area contributed by atoms with Crippen LogP contribution in [0.2, 0.25) is 0 Å². The number of hydrogen-bond acceptors (Lipinski definition) is 10.